The molecule has 0 unspecified atom stereocenters. The summed E-state index contributed by atoms with van der Waals surface area (Å²) in [5.41, 5.74) is -0.0983. The molecule has 0 aliphatic rings. The van der Waals surface area contributed by atoms with Gasteiger partial charge in [-0.3, -0.25) is 0 Å². The van der Waals surface area contributed by atoms with Gasteiger partial charge in [0.2, 0.25) is 5.95 Å². The van der Waals surface area contributed by atoms with Gasteiger partial charge < -0.3 is 5.32 Å². The van der Waals surface area contributed by atoms with Crippen molar-refractivity contribution in [2.24, 2.45) is 0 Å². The monoisotopic (exact) mass is 302 g/mol. The Morgan fingerprint density at radius 2 is 1.95 bits per heavy atom. The average molecular weight is 302 g/mol. The van der Waals surface area contributed by atoms with E-state index < -0.39 is 11.9 Å². The molecule has 0 radical (unpaired) electrons. The Bertz CT molecular complexity index is 609. The van der Waals surface area contributed by atoms with Crippen LogP contribution in [0.3, 0.4) is 0 Å². The molecule has 1 atom stereocenters. The molecule has 2 heterocycles. The van der Waals surface area contributed by atoms with Crippen LogP contribution in [0.4, 0.5) is 19.1 Å². The normalized spacial score (nSPS) is 13.3. The van der Waals surface area contributed by atoms with E-state index in [4.69, 9.17) is 0 Å². The molecule has 20 heavy (non-hydrogen) atoms. The lowest BCUT2D eigenvalue weighted by atomic mass is 10.2. The van der Waals surface area contributed by atoms with E-state index in [1.807, 2.05) is 20.8 Å². The molecule has 2 rings (SSSR count). The van der Waals surface area contributed by atoms with E-state index in [0.717, 1.165) is 27.8 Å². The van der Waals surface area contributed by atoms with Crippen molar-refractivity contribution in [2.75, 3.05) is 5.32 Å². The van der Waals surface area contributed by atoms with E-state index in [2.05, 4.69) is 20.3 Å². The van der Waals surface area contributed by atoms with Gasteiger partial charge in [0, 0.05) is 11.1 Å². The minimum Gasteiger partial charge on any atom is -0.347 e. The summed E-state index contributed by atoms with van der Waals surface area (Å²) in [6.07, 6.45) is -3.38. The van der Waals surface area contributed by atoms with Gasteiger partial charge in [-0.15, -0.1) is 11.3 Å². The molecule has 0 fully saturated rings. The lowest BCUT2D eigenvalue weighted by molar-refractivity contribution is -0.141. The summed E-state index contributed by atoms with van der Waals surface area (Å²) >= 11 is 1.50. The predicted octanol–water partition coefficient (Wildman–Crippen LogP) is 3.74. The quantitative estimate of drug-likeness (QED) is 0.938. The summed E-state index contributed by atoms with van der Waals surface area (Å²) in [5, 5.41) is 3.79. The molecule has 0 saturated heterocycles. The molecule has 0 spiro atoms. The Morgan fingerprint density at radius 3 is 2.50 bits per heavy atom. The summed E-state index contributed by atoms with van der Waals surface area (Å²) in [6, 6.07) is 0.641. The van der Waals surface area contributed by atoms with Crippen LogP contribution in [-0.4, -0.2) is 15.0 Å². The predicted molar refractivity (Wildman–Crippen MR) is 70.7 cm³/mol. The van der Waals surface area contributed by atoms with E-state index in [1.54, 1.807) is 0 Å². The highest BCUT2D eigenvalue weighted by Crippen LogP contribution is 2.29. The minimum absolute atomic E-state index is 0.0437. The number of nitrogens with one attached hydrogen (secondary N) is 1. The average Bonchev–Trinajstić information content (AvgIpc) is 2.68. The fraction of sp³-hybridized carbons (Fsp3) is 0.417. The number of thiazole rings is 1. The van der Waals surface area contributed by atoms with E-state index in [0.29, 0.717) is 0 Å². The van der Waals surface area contributed by atoms with Crippen molar-refractivity contribution in [2.45, 2.75) is 33.0 Å². The van der Waals surface area contributed by atoms with Crippen LogP contribution in [0.2, 0.25) is 0 Å². The summed E-state index contributed by atoms with van der Waals surface area (Å²) in [4.78, 5) is 12.5. The van der Waals surface area contributed by atoms with Gasteiger partial charge in [0.1, 0.15) is 5.69 Å². The maximum Gasteiger partial charge on any atom is 0.433 e. The lowest BCUT2D eigenvalue weighted by Gasteiger charge is -2.14. The molecule has 0 bridgehead atoms. The van der Waals surface area contributed by atoms with Crippen LogP contribution in [0.1, 0.15) is 34.2 Å². The van der Waals surface area contributed by atoms with Crippen LogP contribution in [0, 0.1) is 13.8 Å². The number of nitrogens with zero attached hydrogens (tertiary/aromatic N) is 3. The zero-order valence-corrected chi connectivity index (χ0v) is 11.9. The highest BCUT2D eigenvalue weighted by molar-refractivity contribution is 7.11. The van der Waals surface area contributed by atoms with Crippen molar-refractivity contribution in [3.63, 3.8) is 0 Å². The topological polar surface area (TPSA) is 50.7 Å². The van der Waals surface area contributed by atoms with Gasteiger partial charge in [-0.2, -0.15) is 13.2 Å². The van der Waals surface area contributed by atoms with E-state index in [9.17, 15) is 13.2 Å². The first-order valence-electron chi connectivity index (χ1n) is 5.88. The number of aryl methyl sites for hydroxylation is 2. The third-order valence-electron chi connectivity index (χ3n) is 2.62. The molecule has 0 aliphatic heterocycles. The van der Waals surface area contributed by atoms with Gasteiger partial charge in [0.05, 0.1) is 16.7 Å². The number of aromatic nitrogens is 3. The number of hydrogen-bond donors (Lipinski definition) is 1. The van der Waals surface area contributed by atoms with Gasteiger partial charge in [-0.25, -0.2) is 15.0 Å². The number of rotatable bonds is 3. The molecule has 0 aromatic carbocycles. The van der Waals surface area contributed by atoms with Gasteiger partial charge >= 0.3 is 6.18 Å². The minimum atomic E-state index is -4.47. The van der Waals surface area contributed by atoms with E-state index in [-0.39, 0.29) is 12.0 Å². The van der Waals surface area contributed by atoms with Crippen molar-refractivity contribution >= 4 is 17.3 Å². The fourth-order valence-corrected chi connectivity index (χ4v) is 2.72. The van der Waals surface area contributed by atoms with Crippen LogP contribution >= 0.6 is 11.3 Å². The van der Waals surface area contributed by atoms with Crippen molar-refractivity contribution in [1.82, 2.24) is 15.0 Å². The van der Waals surface area contributed by atoms with Gasteiger partial charge in [0.25, 0.3) is 0 Å². The lowest BCUT2D eigenvalue weighted by Crippen LogP contribution is -2.13. The summed E-state index contributed by atoms with van der Waals surface area (Å²) in [6.45, 7) is 5.59. The molecular weight excluding hydrogens is 289 g/mol. The third-order valence-corrected chi connectivity index (χ3v) is 3.88. The first kappa shape index (κ1) is 14.7. The Morgan fingerprint density at radius 1 is 1.25 bits per heavy atom. The largest absolute Gasteiger partial charge is 0.433 e. The Balaban J connectivity index is 2.20. The highest BCUT2D eigenvalue weighted by Gasteiger charge is 2.32. The standard InChI is InChI=1S/C12H13F3N4S/c1-6-10(20-8(3)17-6)7(2)18-11-16-5-4-9(19-11)12(13,14)15/h4-5,7H,1-3H3,(H,16,18,19)/t7-/m0/s1. The van der Waals surface area contributed by atoms with Crippen molar-refractivity contribution < 1.29 is 13.2 Å². The molecule has 4 nitrogen and oxygen atoms in total. The van der Waals surface area contributed by atoms with E-state index in [1.165, 1.54) is 11.3 Å². The number of hydrogen-bond acceptors (Lipinski definition) is 5. The van der Waals surface area contributed by atoms with Crippen LogP contribution < -0.4 is 5.32 Å². The van der Waals surface area contributed by atoms with Crippen molar-refractivity contribution in [3.8, 4) is 0 Å². The number of alkyl halides is 3. The maximum atomic E-state index is 12.6. The SMILES string of the molecule is Cc1nc(C)c([C@H](C)Nc2nccc(C(F)(F)F)n2)s1. The number of halogens is 3. The molecule has 2 aromatic heterocycles. The molecule has 0 amide bonds. The first-order valence-corrected chi connectivity index (χ1v) is 6.69. The Kier molecular flexibility index (Phi) is 3.94. The highest BCUT2D eigenvalue weighted by atomic mass is 32.1. The second-order valence-electron chi connectivity index (χ2n) is 4.31. The molecule has 108 valence electrons. The maximum absolute atomic E-state index is 12.6. The number of anilines is 1. The van der Waals surface area contributed by atoms with Crippen LogP contribution in [-0.2, 0) is 6.18 Å². The van der Waals surface area contributed by atoms with Gasteiger partial charge in [0.15, 0.2) is 0 Å². The van der Waals surface area contributed by atoms with Crippen LogP contribution in [0.5, 0.6) is 0 Å². The second kappa shape index (κ2) is 5.35. The summed E-state index contributed by atoms with van der Waals surface area (Å²) in [5.74, 6) is -0.0437. The molecule has 8 heteroatoms. The van der Waals surface area contributed by atoms with Crippen molar-refractivity contribution in [1.29, 1.82) is 0 Å². The zero-order chi connectivity index (χ0) is 14.9. The van der Waals surface area contributed by atoms with Crippen LogP contribution in [0.25, 0.3) is 0 Å². The first-order chi connectivity index (χ1) is 9.27. The third kappa shape index (κ3) is 3.24. The smallest absolute Gasteiger partial charge is 0.347 e. The summed E-state index contributed by atoms with van der Waals surface area (Å²) < 4.78 is 37.7. The molecule has 2 aromatic rings. The van der Waals surface area contributed by atoms with E-state index >= 15 is 0 Å². The van der Waals surface area contributed by atoms with Gasteiger partial charge in [-0.1, -0.05) is 0 Å². The zero-order valence-electron chi connectivity index (χ0n) is 11.1. The molecular formula is C12H13F3N4S. The summed E-state index contributed by atoms with van der Waals surface area (Å²) in [7, 11) is 0. The molecule has 1 N–H and O–H groups in total. The Hall–Kier alpha value is -1.70. The molecule has 0 saturated carbocycles. The van der Waals surface area contributed by atoms with Crippen LogP contribution in [0.15, 0.2) is 12.3 Å². The fourth-order valence-electron chi connectivity index (χ4n) is 1.79. The Labute approximate surface area is 118 Å². The van der Waals surface area contributed by atoms with Gasteiger partial charge in [-0.05, 0) is 26.8 Å². The van der Waals surface area contributed by atoms with Crippen molar-refractivity contribution in [3.05, 3.63) is 33.5 Å². The molecule has 0 aliphatic carbocycles. The second-order valence-corrected chi connectivity index (χ2v) is 5.55.